The molecule has 0 aliphatic carbocycles. The van der Waals surface area contributed by atoms with Gasteiger partial charge in [0.2, 0.25) is 0 Å². The third-order valence-corrected chi connectivity index (χ3v) is 3.34. The summed E-state index contributed by atoms with van der Waals surface area (Å²) in [6.07, 6.45) is 0. The number of benzene rings is 2. The standard InChI is InChI=1S/C15H19N3O/c1-15(2,10-17-14(19)18-16)13-9-5-7-11-6-3-4-8-12(11)13/h3-9H,10,16H2,1-2H3,(H2,17,18,19). The van der Waals surface area contributed by atoms with Gasteiger partial charge in [-0.05, 0) is 16.3 Å². The highest BCUT2D eigenvalue weighted by Gasteiger charge is 2.23. The lowest BCUT2D eigenvalue weighted by Gasteiger charge is -2.27. The quantitative estimate of drug-likeness (QED) is 0.448. The van der Waals surface area contributed by atoms with Crippen molar-refractivity contribution in [1.82, 2.24) is 10.7 Å². The summed E-state index contributed by atoms with van der Waals surface area (Å²) in [5.41, 5.74) is 3.11. The molecule has 0 atom stereocenters. The van der Waals surface area contributed by atoms with Crippen molar-refractivity contribution in [2.45, 2.75) is 19.3 Å². The van der Waals surface area contributed by atoms with Crippen molar-refractivity contribution in [1.29, 1.82) is 0 Å². The van der Waals surface area contributed by atoms with Crippen molar-refractivity contribution in [2.24, 2.45) is 5.84 Å². The average molecular weight is 257 g/mol. The summed E-state index contributed by atoms with van der Waals surface area (Å²) in [6.45, 7) is 4.72. The van der Waals surface area contributed by atoms with Gasteiger partial charge in [0.05, 0.1) is 0 Å². The minimum atomic E-state index is -0.367. The number of hydrazine groups is 1. The highest BCUT2D eigenvalue weighted by atomic mass is 16.2. The Morgan fingerprint density at radius 3 is 2.58 bits per heavy atom. The third kappa shape index (κ3) is 2.85. The van der Waals surface area contributed by atoms with Gasteiger partial charge in [-0.1, -0.05) is 56.3 Å². The minimum Gasteiger partial charge on any atom is -0.336 e. The van der Waals surface area contributed by atoms with Crippen LogP contribution in [0.15, 0.2) is 42.5 Å². The molecule has 2 aromatic carbocycles. The lowest BCUT2D eigenvalue weighted by molar-refractivity contribution is 0.238. The first-order chi connectivity index (χ1) is 9.04. The van der Waals surface area contributed by atoms with Gasteiger partial charge in [0.15, 0.2) is 0 Å². The van der Waals surface area contributed by atoms with E-state index in [0.29, 0.717) is 6.54 Å². The van der Waals surface area contributed by atoms with E-state index < -0.39 is 0 Å². The molecule has 0 unspecified atom stereocenters. The van der Waals surface area contributed by atoms with E-state index in [4.69, 9.17) is 5.84 Å². The summed E-state index contributed by atoms with van der Waals surface area (Å²) in [7, 11) is 0. The fourth-order valence-corrected chi connectivity index (χ4v) is 2.26. The molecule has 0 radical (unpaired) electrons. The van der Waals surface area contributed by atoms with Crippen LogP contribution < -0.4 is 16.6 Å². The largest absolute Gasteiger partial charge is 0.336 e. The van der Waals surface area contributed by atoms with Crippen molar-refractivity contribution in [3.05, 3.63) is 48.0 Å². The molecule has 2 aromatic rings. The summed E-state index contributed by atoms with van der Waals surface area (Å²) >= 11 is 0. The molecule has 100 valence electrons. The summed E-state index contributed by atoms with van der Waals surface area (Å²) in [4.78, 5) is 11.2. The van der Waals surface area contributed by atoms with Crippen molar-refractivity contribution in [3.8, 4) is 0 Å². The van der Waals surface area contributed by atoms with E-state index >= 15 is 0 Å². The normalized spacial score (nSPS) is 11.3. The van der Waals surface area contributed by atoms with Gasteiger partial charge in [-0.2, -0.15) is 0 Å². The van der Waals surface area contributed by atoms with Crippen molar-refractivity contribution in [2.75, 3.05) is 6.54 Å². The molecule has 0 aliphatic heterocycles. The number of hydrogen-bond acceptors (Lipinski definition) is 2. The molecule has 0 heterocycles. The maximum Gasteiger partial charge on any atom is 0.328 e. The van der Waals surface area contributed by atoms with Crippen LogP contribution in [0.25, 0.3) is 10.8 Å². The Kier molecular flexibility index (Phi) is 3.71. The second kappa shape index (κ2) is 5.28. The van der Waals surface area contributed by atoms with Gasteiger partial charge in [-0.15, -0.1) is 0 Å². The van der Waals surface area contributed by atoms with E-state index in [1.807, 2.05) is 18.2 Å². The first-order valence-electron chi connectivity index (χ1n) is 6.27. The highest BCUT2D eigenvalue weighted by molar-refractivity contribution is 5.86. The van der Waals surface area contributed by atoms with Crippen LogP contribution in [-0.2, 0) is 5.41 Å². The van der Waals surface area contributed by atoms with Gasteiger partial charge in [-0.3, -0.25) is 5.43 Å². The first kappa shape index (κ1) is 13.4. The Morgan fingerprint density at radius 1 is 1.16 bits per heavy atom. The van der Waals surface area contributed by atoms with Gasteiger partial charge >= 0.3 is 6.03 Å². The second-order valence-electron chi connectivity index (χ2n) is 5.24. The molecule has 0 fully saturated rings. The molecule has 2 amide bonds. The fraction of sp³-hybridized carbons (Fsp3) is 0.267. The summed E-state index contributed by atoms with van der Waals surface area (Å²) in [6, 6.07) is 14.1. The van der Waals surface area contributed by atoms with E-state index in [0.717, 1.165) is 0 Å². The zero-order chi connectivity index (χ0) is 13.9. The monoisotopic (exact) mass is 257 g/mol. The maximum atomic E-state index is 11.2. The highest BCUT2D eigenvalue weighted by Crippen LogP contribution is 2.29. The number of nitrogens with two attached hydrogens (primary N) is 1. The Bertz CT molecular complexity index is 587. The summed E-state index contributed by atoms with van der Waals surface area (Å²) in [5, 5.41) is 5.18. The molecule has 0 saturated carbocycles. The molecule has 0 spiro atoms. The van der Waals surface area contributed by atoms with E-state index in [-0.39, 0.29) is 11.4 Å². The Balaban J connectivity index is 2.34. The minimum absolute atomic E-state index is 0.173. The molecule has 4 heteroatoms. The van der Waals surface area contributed by atoms with Crippen LogP contribution in [0.5, 0.6) is 0 Å². The molecule has 4 nitrogen and oxygen atoms in total. The van der Waals surface area contributed by atoms with Crippen LogP contribution in [0.1, 0.15) is 19.4 Å². The number of urea groups is 1. The number of nitrogens with one attached hydrogen (secondary N) is 2. The molecule has 0 saturated heterocycles. The fourth-order valence-electron chi connectivity index (χ4n) is 2.26. The van der Waals surface area contributed by atoms with Gasteiger partial charge in [0, 0.05) is 12.0 Å². The third-order valence-electron chi connectivity index (χ3n) is 3.34. The van der Waals surface area contributed by atoms with Crippen LogP contribution >= 0.6 is 0 Å². The molecule has 4 N–H and O–H groups in total. The molecule has 0 bridgehead atoms. The number of amides is 2. The Hall–Kier alpha value is -2.07. The van der Waals surface area contributed by atoms with Gasteiger partial charge in [0.1, 0.15) is 0 Å². The van der Waals surface area contributed by atoms with E-state index in [1.165, 1.54) is 16.3 Å². The van der Waals surface area contributed by atoms with E-state index in [1.54, 1.807) is 0 Å². The number of carbonyl (C=O) groups is 1. The predicted octanol–water partition coefficient (Wildman–Crippen LogP) is 2.29. The lowest BCUT2D eigenvalue weighted by Crippen LogP contribution is -2.44. The zero-order valence-corrected chi connectivity index (χ0v) is 11.2. The number of fused-ring (bicyclic) bond motifs is 1. The van der Waals surface area contributed by atoms with E-state index in [9.17, 15) is 4.79 Å². The van der Waals surface area contributed by atoms with Crippen molar-refractivity contribution in [3.63, 3.8) is 0 Å². The van der Waals surface area contributed by atoms with Gasteiger partial charge in [-0.25, -0.2) is 10.6 Å². The molecule has 0 aliphatic rings. The van der Waals surface area contributed by atoms with Gasteiger partial charge < -0.3 is 5.32 Å². The lowest BCUT2D eigenvalue weighted by atomic mass is 9.81. The van der Waals surface area contributed by atoms with Crippen LogP contribution in [0.3, 0.4) is 0 Å². The predicted molar refractivity (Wildman–Crippen MR) is 77.7 cm³/mol. The summed E-state index contributed by atoms with van der Waals surface area (Å²) < 4.78 is 0. The van der Waals surface area contributed by atoms with Crippen LogP contribution in [0.4, 0.5) is 4.79 Å². The topological polar surface area (TPSA) is 67.2 Å². The summed E-state index contributed by atoms with van der Waals surface area (Å²) in [5.74, 6) is 5.07. The SMILES string of the molecule is CC(C)(CNC(=O)NN)c1cccc2ccccc12. The number of carbonyl (C=O) groups excluding carboxylic acids is 1. The smallest absolute Gasteiger partial charge is 0.328 e. The number of hydrogen-bond donors (Lipinski definition) is 3. The van der Waals surface area contributed by atoms with Gasteiger partial charge in [0.25, 0.3) is 0 Å². The average Bonchev–Trinajstić information content (AvgIpc) is 2.44. The number of rotatable bonds is 3. The van der Waals surface area contributed by atoms with Crippen molar-refractivity contribution >= 4 is 16.8 Å². The van der Waals surface area contributed by atoms with Crippen LogP contribution in [-0.4, -0.2) is 12.6 Å². The second-order valence-corrected chi connectivity index (χ2v) is 5.24. The van der Waals surface area contributed by atoms with E-state index in [2.05, 4.69) is 48.9 Å². The molecule has 2 rings (SSSR count). The zero-order valence-electron chi connectivity index (χ0n) is 11.2. The molecular weight excluding hydrogens is 238 g/mol. The Morgan fingerprint density at radius 2 is 1.84 bits per heavy atom. The maximum absolute atomic E-state index is 11.2. The Labute approximate surface area is 113 Å². The molecule has 19 heavy (non-hydrogen) atoms. The molecular formula is C15H19N3O. The van der Waals surface area contributed by atoms with Crippen LogP contribution in [0.2, 0.25) is 0 Å². The van der Waals surface area contributed by atoms with Crippen molar-refractivity contribution < 1.29 is 4.79 Å². The first-order valence-corrected chi connectivity index (χ1v) is 6.27. The van der Waals surface area contributed by atoms with Crippen LogP contribution in [0, 0.1) is 0 Å². The molecule has 0 aromatic heterocycles.